The Kier molecular flexibility index (Phi) is 10.4. The predicted molar refractivity (Wildman–Crippen MR) is 278 cm³/mol. The molecule has 0 aliphatic carbocycles. The van der Waals surface area contributed by atoms with E-state index < -0.39 is 0 Å². The van der Waals surface area contributed by atoms with Crippen molar-refractivity contribution in [2.75, 3.05) is 13.2 Å². The smallest absolute Gasteiger partial charge is 0.220 e. The molecule has 7 aromatic carbocycles. The third-order valence-corrected chi connectivity index (χ3v) is 12.8. The van der Waals surface area contributed by atoms with Crippen LogP contribution in [0.5, 0.6) is 11.5 Å². The fourth-order valence-corrected chi connectivity index (χ4v) is 8.92. The summed E-state index contributed by atoms with van der Waals surface area (Å²) in [6.45, 7) is 22.6. The molecular weight excluding hydrogens is 839 g/mol. The number of aliphatic imine (C=N–C) groups is 2. The van der Waals surface area contributed by atoms with Crippen molar-refractivity contribution in [2.45, 2.75) is 91.1 Å². The molecule has 68 heavy (non-hydrogen) atoms. The fraction of sp³-hybridized carbons (Fsp3) is 0.262. The van der Waals surface area contributed by atoms with Crippen LogP contribution in [0.1, 0.15) is 114 Å². The van der Waals surface area contributed by atoms with Crippen LogP contribution in [0.15, 0.2) is 125 Å². The lowest BCUT2D eigenvalue weighted by Gasteiger charge is -2.27. The van der Waals surface area contributed by atoms with Crippen molar-refractivity contribution in [1.82, 2.24) is 4.98 Å². The molecule has 0 atom stereocenters. The molecule has 0 saturated heterocycles. The van der Waals surface area contributed by atoms with Gasteiger partial charge in [0, 0.05) is 49.4 Å². The van der Waals surface area contributed by atoms with E-state index in [-0.39, 0.29) is 33.4 Å². The molecule has 2 aliphatic heterocycles. The number of phenolic OH excluding ortho intramolecular Hbond substituents is 2. The Hall–Kier alpha value is -7.61. The lowest BCUT2D eigenvalue weighted by Crippen LogP contribution is -2.17. The molecule has 338 valence electrons. The average Bonchev–Trinajstić information content (AvgIpc) is 3.86. The Morgan fingerprint density at radius 1 is 0.471 bits per heavy atom. The van der Waals surface area contributed by atoms with E-state index in [0.29, 0.717) is 36.1 Å². The highest BCUT2D eigenvalue weighted by molar-refractivity contribution is 6.21. The van der Waals surface area contributed by atoms with Crippen LogP contribution >= 0.6 is 0 Å². The summed E-state index contributed by atoms with van der Waals surface area (Å²) in [6, 6.07) is 39.1. The van der Waals surface area contributed by atoms with Gasteiger partial charge in [-0.05, 0) is 127 Å². The fourth-order valence-electron chi connectivity index (χ4n) is 8.92. The molecule has 1 aromatic heterocycles. The molecule has 0 unspecified atom stereocenters. The number of ether oxygens (including phenoxy) is 2. The normalized spacial score (nSPS) is 15.3. The minimum Gasteiger partial charge on any atom is -0.507 e. The first-order chi connectivity index (χ1) is 32.2. The summed E-state index contributed by atoms with van der Waals surface area (Å²) < 4.78 is 11.7. The number of aromatic nitrogens is 1. The van der Waals surface area contributed by atoms with Crippen LogP contribution in [0.3, 0.4) is 0 Å². The topological polar surface area (TPSA) is 96.5 Å². The van der Waals surface area contributed by atoms with Crippen molar-refractivity contribution in [2.24, 2.45) is 9.98 Å². The summed E-state index contributed by atoms with van der Waals surface area (Å²) >= 11 is 0. The second-order valence-corrected chi connectivity index (χ2v) is 21.6. The highest BCUT2D eigenvalue weighted by Crippen LogP contribution is 2.43. The van der Waals surface area contributed by atoms with Crippen molar-refractivity contribution < 1.29 is 19.7 Å². The van der Waals surface area contributed by atoms with Gasteiger partial charge in [0.2, 0.25) is 11.8 Å². The summed E-state index contributed by atoms with van der Waals surface area (Å²) in [6.07, 6.45) is 0. The van der Waals surface area contributed by atoms with Crippen molar-refractivity contribution in [1.29, 1.82) is 0 Å². The van der Waals surface area contributed by atoms with Crippen LogP contribution in [0, 0.1) is 23.7 Å². The van der Waals surface area contributed by atoms with Gasteiger partial charge in [-0.25, -0.2) is 15.0 Å². The number of hydrogen-bond acceptors (Lipinski definition) is 7. The molecule has 7 heteroatoms. The van der Waals surface area contributed by atoms with Crippen LogP contribution in [0.2, 0.25) is 0 Å². The van der Waals surface area contributed by atoms with Crippen LogP contribution < -0.4 is 0 Å². The van der Waals surface area contributed by atoms with Crippen molar-refractivity contribution in [3.63, 3.8) is 0 Å². The van der Waals surface area contributed by atoms with E-state index in [0.717, 1.165) is 76.7 Å². The lowest BCUT2D eigenvalue weighted by atomic mass is 9.78. The number of fused-ring (bicyclic) bond motifs is 6. The van der Waals surface area contributed by atoms with Gasteiger partial charge < -0.3 is 19.7 Å². The zero-order chi connectivity index (χ0) is 47.9. The van der Waals surface area contributed by atoms with Crippen LogP contribution in [0.4, 0.5) is 0 Å². The highest BCUT2D eigenvalue weighted by atomic mass is 16.5. The largest absolute Gasteiger partial charge is 0.507 e. The Labute approximate surface area is 398 Å². The second kappa shape index (κ2) is 16.0. The average molecular weight is 894 g/mol. The van der Waals surface area contributed by atoms with Crippen molar-refractivity contribution >= 4 is 55.1 Å². The van der Waals surface area contributed by atoms with Gasteiger partial charge in [0.15, 0.2) is 0 Å². The first-order valence-corrected chi connectivity index (χ1v) is 23.2. The Balaban J connectivity index is 1.17. The number of hydrogen-bond donors (Lipinski definition) is 2. The third kappa shape index (κ3) is 8.50. The number of rotatable bonds is 3. The molecule has 0 fully saturated rings. The molecule has 10 rings (SSSR count). The van der Waals surface area contributed by atoms with Gasteiger partial charge in [0.05, 0.1) is 33.2 Å². The summed E-state index contributed by atoms with van der Waals surface area (Å²) in [4.78, 5) is 15.0. The molecule has 0 spiro atoms. The van der Waals surface area contributed by atoms with E-state index >= 15 is 0 Å². The maximum Gasteiger partial charge on any atom is 0.220 e. The number of pyridine rings is 1. The number of benzene rings is 7. The Morgan fingerprint density at radius 3 is 1.24 bits per heavy atom. The summed E-state index contributed by atoms with van der Waals surface area (Å²) in [5.41, 5.74) is 9.93. The van der Waals surface area contributed by atoms with E-state index in [9.17, 15) is 10.2 Å². The quantitative estimate of drug-likeness (QED) is 0.105. The molecule has 0 bridgehead atoms. The van der Waals surface area contributed by atoms with Crippen LogP contribution in [0.25, 0.3) is 54.5 Å². The van der Waals surface area contributed by atoms with E-state index in [1.165, 1.54) is 11.1 Å². The van der Waals surface area contributed by atoms with Gasteiger partial charge >= 0.3 is 0 Å². The minimum atomic E-state index is -0.359. The van der Waals surface area contributed by atoms with E-state index in [1.807, 2.05) is 64.1 Å². The van der Waals surface area contributed by atoms with E-state index in [4.69, 9.17) is 14.5 Å². The van der Waals surface area contributed by atoms with Gasteiger partial charge in [0.1, 0.15) is 24.7 Å². The van der Waals surface area contributed by atoms with E-state index in [1.54, 1.807) is 12.1 Å². The number of nitrogens with zero attached hydrogens (tertiary/aromatic N) is 3. The molecule has 2 aliphatic rings. The molecule has 0 saturated carbocycles. The Bertz CT molecular complexity index is 3400. The zero-order valence-electron chi connectivity index (χ0n) is 40.4. The summed E-state index contributed by atoms with van der Waals surface area (Å²) in [7, 11) is 0. The number of phenols is 2. The first kappa shape index (κ1) is 44.2. The Morgan fingerprint density at radius 2 is 0.853 bits per heavy atom. The van der Waals surface area contributed by atoms with Gasteiger partial charge in [-0.3, -0.25) is 0 Å². The molecular formula is C61H55N3O4. The predicted octanol–water partition coefficient (Wildman–Crippen LogP) is 13.3. The van der Waals surface area contributed by atoms with Crippen LogP contribution in [-0.2, 0) is 20.3 Å². The van der Waals surface area contributed by atoms with Crippen molar-refractivity contribution in [3.05, 3.63) is 160 Å². The molecule has 8 aromatic rings. The summed E-state index contributed by atoms with van der Waals surface area (Å²) in [5.74, 6) is 14.6. The molecule has 0 radical (unpaired) electrons. The number of aromatic hydroxyl groups is 2. The highest BCUT2D eigenvalue weighted by Gasteiger charge is 2.30. The standard InChI is InChI=1S/C61H55N3O4/c1-58(2,3)43-31-42(32-44(33-43)59(4,5)6)53-45-23-21-40-19-15-36(11-13-38-17-25-51(65)49(29-38)56-63-60(7,8)34-67-56)27-47(40)54(45)62-55-46(53)24-22-41-20-16-37(28-48(41)55)12-14-39-18-26-52(66)50(30-39)57-64-61(9,10)35-68-57/h15-33,65-66H,34-35H2,1-10H3. The molecule has 2 N–H and O–H groups in total. The van der Waals surface area contributed by atoms with Crippen molar-refractivity contribution in [3.8, 4) is 46.3 Å². The van der Waals surface area contributed by atoms with Gasteiger partial charge in [-0.2, -0.15) is 0 Å². The summed E-state index contributed by atoms with van der Waals surface area (Å²) in [5, 5.41) is 27.7. The monoisotopic (exact) mass is 893 g/mol. The van der Waals surface area contributed by atoms with E-state index in [2.05, 4.69) is 142 Å². The second-order valence-electron chi connectivity index (χ2n) is 21.6. The van der Waals surface area contributed by atoms with Gasteiger partial charge in [0.25, 0.3) is 0 Å². The zero-order valence-corrected chi connectivity index (χ0v) is 40.4. The van der Waals surface area contributed by atoms with Gasteiger partial charge in [-0.15, -0.1) is 0 Å². The molecule has 7 nitrogen and oxygen atoms in total. The third-order valence-electron chi connectivity index (χ3n) is 12.8. The lowest BCUT2D eigenvalue weighted by molar-refractivity contribution is 0.279. The SMILES string of the molecule is CC1(C)COC(c2cc(C#Cc3ccc4ccc5c(-c6cc(C(C)(C)C)cc(C(C)(C)C)c6)c6ccc7ccc(C#Cc8ccc(O)c(C9=NC(C)(C)CO9)c8)cc7c6nc5c4c3)ccc2O)=N1. The van der Waals surface area contributed by atoms with Gasteiger partial charge in [-0.1, -0.05) is 120 Å². The first-order valence-electron chi connectivity index (χ1n) is 23.2. The molecule has 3 heterocycles. The van der Waals surface area contributed by atoms with Crippen LogP contribution in [-0.4, -0.2) is 51.3 Å². The maximum atomic E-state index is 10.7. The maximum absolute atomic E-state index is 10.7. The molecule has 0 amide bonds. The minimum absolute atomic E-state index is 0.0892.